The average molecular weight is 453 g/mol. The first-order valence-corrected chi connectivity index (χ1v) is 11.5. The molecule has 1 aromatic heterocycles. The molecule has 0 bridgehead atoms. The van der Waals surface area contributed by atoms with Crippen LogP contribution in [0, 0.1) is 0 Å². The molecule has 31 heavy (non-hydrogen) atoms. The summed E-state index contributed by atoms with van der Waals surface area (Å²) in [6.07, 6.45) is 3.40. The molecule has 1 aliphatic heterocycles. The second-order valence-corrected chi connectivity index (χ2v) is 8.06. The fraction of sp³-hybridized carbons (Fsp3) is 0.217. The van der Waals surface area contributed by atoms with E-state index in [-0.39, 0.29) is 12.5 Å². The number of carbonyl (C=O) groups is 1. The SMILES string of the molecule is CCOC(=O)c1cnc(SC)nc1N1CC(c2ccccc2)C(c2ccc(Cl)cc2)=N1. The maximum absolute atomic E-state index is 12.6. The maximum atomic E-state index is 12.6. The largest absolute Gasteiger partial charge is 0.462 e. The number of hydrogen-bond acceptors (Lipinski definition) is 7. The average Bonchev–Trinajstić information content (AvgIpc) is 3.25. The fourth-order valence-electron chi connectivity index (χ4n) is 3.47. The van der Waals surface area contributed by atoms with Crippen LogP contribution in [0.25, 0.3) is 0 Å². The summed E-state index contributed by atoms with van der Waals surface area (Å²) >= 11 is 7.50. The molecular formula is C23H21ClN4O2S. The van der Waals surface area contributed by atoms with Crippen molar-refractivity contribution in [3.63, 3.8) is 0 Å². The van der Waals surface area contributed by atoms with Crippen LogP contribution in [0.1, 0.15) is 34.3 Å². The van der Waals surface area contributed by atoms with E-state index < -0.39 is 5.97 Å². The van der Waals surface area contributed by atoms with Gasteiger partial charge < -0.3 is 4.74 Å². The van der Waals surface area contributed by atoms with E-state index in [0.717, 1.165) is 16.8 Å². The van der Waals surface area contributed by atoms with E-state index in [1.165, 1.54) is 18.0 Å². The molecule has 158 valence electrons. The Balaban J connectivity index is 1.80. The Morgan fingerprint density at radius 3 is 2.61 bits per heavy atom. The summed E-state index contributed by atoms with van der Waals surface area (Å²) in [7, 11) is 0. The van der Waals surface area contributed by atoms with Crippen LogP contribution in [0.15, 0.2) is 71.1 Å². The summed E-state index contributed by atoms with van der Waals surface area (Å²) in [5, 5.41) is 7.90. The normalized spacial score (nSPS) is 15.6. The number of esters is 1. The van der Waals surface area contributed by atoms with Crippen LogP contribution >= 0.6 is 23.4 Å². The van der Waals surface area contributed by atoms with E-state index in [1.54, 1.807) is 11.9 Å². The van der Waals surface area contributed by atoms with Crippen molar-refractivity contribution >= 4 is 40.9 Å². The predicted octanol–water partition coefficient (Wildman–Crippen LogP) is 5.04. The van der Waals surface area contributed by atoms with Crippen molar-refractivity contribution in [1.82, 2.24) is 9.97 Å². The third-order valence-electron chi connectivity index (χ3n) is 4.92. The van der Waals surface area contributed by atoms with Gasteiger partial charge in [0.25, 0.3) is 0 Å². The fourth-order valence-corrected chi connectivity index (χ4v) is 3.93. The second kappa shape index (κ2) is 9.49. The second-order valence-electron chi connectivity index (χ2n) is 6.85. The van der Waals surface area contributed by atoms with E-state index in [0.29, 0.717) is 28.1 Å². The van der Waals surface area contributed by atoms with Crippen LogP contribution in [0.5, 0.6) is 0 Å². The number of hydrazone groups is 1. The monoisotopic (exact) mass is 452 g/mol. The summed E-state index contributed by atoms with van der Waals surface area (Å²) < 4.78 is 5.22. The first-order chi connectivity index (χ1) is 15.1. The molecule has 1 unspecified atom stereocenters. The Bertz CT molecular complexity index is 1110. The van der Waals surface area contributed by atoms with Gasteiger partial charge >= 0.3 is 5.97 Å². The van der Waals surface area contributed by atoms with Gasteiger partial charge in [-0.05, 0) is 36.4 Å². The van der Waals surface area contributed by atoms with Crippen molar-refractivity contribution in [3.8, 4) is 0 Å². The summed E-state index contributed by atoms with van der Waals surface area (Å²) in [4.78, 5) is 21.4. The molecule has 1 atom stereocenters. The molecule has 0 spiro atoms. The lowest BCUT2D eigenvalue weighted by atomic mass is 9.91. The van der Waals surface area contributed by atoms with Gasteiger partial charge in [0, 0.05) is 17.1 Å². The van der Waals surface area contributed by atoms with Gasteiger partial charge in [0.05, 0.1) is 18.9 Å². The molecule has 6 nitrogen and oxygen atoms in total. The molecule has 2 aromatic carbocycles. The molecule has 8 heteroatoms. The molecule has 4 rings (SSSR count). The van der Waals surface area contributed by atoms with E-state index in [9.17, 15) is 4.79 Å². The molecule has 0 saturated carbocycles. The maximum Gasteiger partial charge on any atom is 0.343 e. The van der Waals surface area contributed by atoms with E-state index >= 15 is 0 Å². The van der Waals surface area contributed by atoms with Gasteiger partial charge in [-0.25, -0.2) is 19.8 Å². The van der Waals surface area contributed by atoms with Gasteiger partial charge in [-0.2, -0.15) is 5.10 Å². The molecule has 1 aliphatic rings. The van der Waals surface area contributed by atoms with Gasteiger partial charge in [-0.3, -0.25) is 0 Å². The number of halogens is 1. The highest BCUT2D eigenvalue weighted by atomic mass is 35.5. The Kier molecular flexibility index (Phi) is 6.53. The van der Waals surface area contributed by atoms with Gasteiger partial charge in [0.2, 0.25) is 0 Å². The van der Waals surface area contributed by atoms with Crippen LogP contribution in [0.4, 0.5) is 5.82 Å². The number of carbonyl (C=O) groups excluding carboxylic acids is 1. The molecular weight excluding hydrogens is 432 g/mol. The smallest absolute Gasteiger partial charge is 0.343 e. The van der Waals surface area contributed by atoms with Crippen LogP contribution in [0.3, 0.4) is 0 Å². The minimum Gasteiger partial charge on any atom is -0.462 e. The summed E-state index contributed by atoms with van der Waals surface area (Å²) in [5.41, 5.74) is 3.29. The zero-order valence-electron chi connectivity index (χ0n) is 17.2. The van der Waals surface area contributed by atoms with Crippen LogP contribution in [-0.2, 0) is 4.74 Å². The van der Waals surface area contributed by atoms with Crippen molar-refractivity contribution in [2.75, 3.05) is 24.4 Å². The van der Waals surface area contributed by atoms with Crippen LogP contribution in [0.2, 0.25) is 5.02 Å². The predicted molar refractivity (Wildman–Crippen MR) is 124 cm³/mol. The lowest BCUT2D eigenvalue weighted by molar-refractivity contribution is 0.0526. The van der Waals surface area contributed by atoms with Gasteiger partial charge in [-0.1, -0.05) is 65.8 Å². The molecule has 0 N–H and O–H groups in total. The van der Waals surface area contributed by atoms with Crippen molar-refractivity contribution in [2.45, 2.75) is 18.0 Å². The number of ether oxygens (including phenoxy) is 1. The molecule has 0 radical (unpaired) electrons. The quantitative estimate of drug-likeness (QED) is 0.296. The van der Waals surface area contributed by atoms with Crippen molar-refractivity contribution in [1.29, 1.82) is 0 Å². The van der Waals surface area contributed by atoms with Crippen LogP contribution < -0.4 is 5.01 Å². The zero-order chi connectivity index (χ0) is 21.8. The van der Waals surface area contributed by atoms with Gasteiger partial charge in [-0.15, -0.1) is 0 Å². The number of hydrogen-bond donors (Lipinski definition) is 0. The van der Waals surface area contributed by atoms with Crippen LogP contribution in [-0.4, -0.2) is 41.1 Å². The van der Waals surface area contributed by atoms with E-state index in [1.807, 2.05) is 48.7 Å². The third kappa shape index (κ3) is 4.57. The van der Waals surface area contributed by atoms with E-state index in [4.69, 9.17) is 21.4 Å². The topological polar surface area (TPSA) is 67.7 Å². The Labute approximate surface area is 190 Å². The number of thioether (sulfide) groups is 1. The Morgan fingerprint density at radius 2 is 1.94 bits per heavy atom. The minimum atomic E-state index is -0.462. The molecule has 0 amide bonds. The molecule has 0 saturated heterocycles. The van der Waals surface area contributed by atoms with Crippen molar-refractivity contribution in [2.24, 2.45) is 5.10 Å². The standard InChI is InChI=1S/C23H21ClN4O2S/c1-3-30-22(29)18-13-25-23(31-2)26-21(18)28-14-19(15-7-5-4-6-8-15)20(27-28)16-9-11-17(24)12-10-16/h4-13,19H,3,14H2,1-2H3. The highest BCUT2D eigenvalue weighted by Gasteiger charge is 2.33. The summed E-state index contributed by atoms with van der Waals surface area (Å²) in [5.74, 6) is -0.00984. The minimum absolute atomic E-state index is 0.00474. The van der Waals surface area contributed by atoms with Crippen molar-refractivity contribution < 1.29 is 9.53 Å². The number of benzene rings is 2. The lowest BCUT2D eigenvalue weighted by Gasteiger charge is -2.18. The van der Waals surface area contributed by atoms with Gasteiger partial charge in [0.15, 0.2) is 11.0 Å². The van der Waals surface area contributed by atoms with E-state index in [2.05, 4.69) is 22.1 Å². The number of rotatable bonds is 6. The zero-order valence-corrected chi connectivity index (χ0v) is 18.7. The lowest BCUT2D eigenvalue weighted by Crippen LogP contribution is -2.22. The summed E-state index contributed by atoms with van der Waals surface area (Å²) in [6.45, 7) is 2.58. The number of aromatic nitrogens is 2. The highest BCUT2D eigenvalue weighted by molar-refractivity contribution is 7.98. The Morgan fingerprint density at radius 1 is 1.19 bits per heavy atom. The highest BCUT2D eigenvalue weighted by Crippen LogP contribution is 2.33. The molecule has 3 aromatic rings. The number of anilines is 1. The van der Waals surface area contributed by atoms with Crippen molar-refractivity contribution in [3.05, 3.63) is 82.5 Å². The first-order valence-electron chi connectivity index (χ1n) is 9.85. The van der Waals surface area contributed by atoms with Gasteiger partial charge in [0.1, 0.15) is 5.56 Å². The first kappa shape index (κ1) is 21.3. The molecule has 2 heterocycles. The number of nitrogens with zero attached hydrogens (tertiary/aromatic N) is 4. The Hall–Kier alpha value is -2.90. The molecule has 0 aliphatic carbocycles. The molecule has 0 fully saturated rings. The summed E-state index contributed by atoms with van der Waals surface area (Å²) in [6, 6.07) is 17.8. The third-order valence-corrected chi connectivity index (χ3v) is 5.74.